The van der Waals surface area contributed by atoms with Gasteiger partial charge in [0.1, 0.15) is 11.5 Å². The van der Waals surface area contributed by atoms with Crippen molar-refractivity contribution in [2.24, 2.45) is 0 Å². The van der Waals surface area contributed by atoms with Gasteiger partial charge in [0.15, 0.2) is 0 Å². The molecule has 2 aromatic heterocycles. The Morgan fingerprint density at radius 1 is 1.16 bits per heavy atom. The Hall–Kier alpha value is -1.91. The summed E-state index contributed by atoms with van der Waals surface area (Å²) in [7, 11) is 0. The highest BCUT2D eigenvalue weighted by atomic mass is 35.5. The molecule has 0 amide bonds. The minimum absolute atomic E-state index is 0.220. The quantitative estimate of drug-likeness (QED) is 0.780. The molecule has 0 saturated heterocycles. The number of halogens is 2. The van der Waals surface area contributed by atoms with E-state index in [1.54, 1.807) is 22.6 Å². The van der Waals surface area contributed by atoms with Gasteiger partial charge in [0.25, 0.3) is 0 Å². The van der Waals surface area contributed by atoms with Crippen LogP contribution in [0.15, 0.2) is 42.6 Å². The molecule has 1 N–H and O–H groups in total. The van der Waals surface area contributed by atoms with Gasteiger partial charge in [-0.05, 0) is 24.3 Å². The first-order chi connectivity index (χ1) is 9.19. The highest BCUT2D eigenvalue weighted by molar-refractivity contribution is 6.30. The Bertz CT molecular complexity index is 737. The van der Waals surface area contributed by atoms with E-state index in [9.17, 15) is 9.50 Å². The van der Waals surface area contributed by atoms with Crippen LogP contribution < -0.4 is 0 Å². The van der Waals surface area contributed by atoms with Crippen molar-refractivity contribution < 1.29 is 9.50 Å². The predicted octanol–water partition coefficient (Wildman–Crippen LogP) is 3.29. The fraction of sp³-hybridized carbons (Fsp3) is 0.0714. The number of aliphatic hydroxyl groups is 1. The Labute approximate surface area is 113 Å². The molecule has 0 spiro atoms. The monoisotopic (exact) mass is 276 g/mol. The Kier molecular flexibility index (Phi) is 2.97. The van der Waals surface area contributed by atoms with Crippen LogP contribution in [0.3, 0.4) is 0 Å². The van der Waals surface area contributed by atoms with E-state index in [0.29, 0.717) is 22.1 Å². The molecule has 3 aromatic rings. The third-order valence-electron chi connectivity index (χ3n) is 2.95. The van der Waals surface area contributed by atoms with Gasteiger partial charge in [0.2, 0.25) is 0 Å². The number of aliphatic hydroxyl groups excluding tert-OH is 1. The molecule has 3 nitrogen and oxygen atoms in total. The smallest absolute Gasteiger partial charge is 0.139 e. The third kappa shape index (κ3) is 2.09. The van der Waals surface area contributed by atoms with E-state index in [2.05, 4.69) is 4.98 Å². The van der Waals surface area contributed by atoms with Crippen molar-refractivity contribution in [1.82, 2.24) is 9.38 Å². The van der Waals surface area contributed by atoms with Gasteiger partial charge >= 0.3 is 0 Å². The van der Waals surface area contributed by atoms with Crippen LogP contribution in [0.25, 0.3) is 16.9 Å². The maximum absolute atomic E-state index is 13.3. The van der Waals surface area contributed by atoms with Crippen molar-refractivity contribution in [2.75, 3.05) is 0 Å². The number of pyridine rings is 1. The molecule has 19 heavy (non-hydrogen) atoms. The zero-order valence-corrected chi connectivity index (χ0v) is 10.6. The van der Waals surface area contributed by atoms with Crippen molar-refractivity contribution in [3.05, 3.63) is 59.1 Å². The van der Waals surface area contributed by atoms with E-state index in [0.717, 1.165) is 5.56 Å². The van der Waals surface area contributed by atoms with Crippen LogP contribution in [0.1, 0.15) is 5.69 Å². The van der Waals surface area contributed by atoms with Crippen LogP contribution in [-0.2, 0) is 6.61 Å². The van der Waals surface area contributed by atoms with Gasteiger partial charge in [-0.25, -0.2) is 9.37 Å². The topological polar surface area (TPSA) is 37.5 Å². The first kappa shape index (κ1) is 12.1. The number of fused-ring (bicyclic) bond motifs is 1. The van der Waals surface area contributed by atoms with Crippen molar-refractivity contribution in [3.8, 4) is 11.3 Å². The van der Waals surface area contributed by atoms with E-state index in [1.807, 2.05) is 12.1 Å². The fourth-order valence-electron chi connectivity index (χ4n) is 2.06. The van der Waals surface area contributed by atoms with Crippen molar-refractivity contribution in [2.45, 2.75) is 6.61 Å². The Morgan fingerprint density at radius 2 is 1.89 bits per heavy atom. The lowest BCUT2D eigenvalue weighted by Gasteiger charge is -2.02. The van der Waals surface area contributed by atoms with Crippen LogP contribution in [0, 0.1) is 5.82 Å². The van der Waals surface area contributed by atoms with Crippen LogP contribution >= 0.6 is 11.6 Å². The number of aromatic nitrogens is 2. The SMILES string of the molecule is OCc1c(-c2ccc(Cl)cc2)nc2ccc(F)cn12. The van der Waals surface area contributed by atoms with Crippen LogP contribution in [-0.4, -0.2) is 14.5 Å². The summed E-state index contributed by atoms with van der Waals surface area (Å²) in [6.45, 7) is -0.220. The second-order valence-electron chi connectivity index (χ2n) is 4.15. The normalized spacial score (nSPS) is 11.1. The molecule has 0 unspecified atom stereocenters. The summed E-state index contributed by atoms with van der Waals surface area (Å²) >= 11 is 5.85. The molecule has 0 atom stereocenters. The van der Waals surface area contributed by atoms with Crippen LogP contribution in [0.2, 0.25) is 5.02 Å². The fourth-order valence-corrected chi connectivity index (χ4v) is 2.18. The van der Waals surface area contributed by atoms with Gasteiger partial charge < -0.3 is 5.11 Å². The van der Waals surface area contributed by atoms with E-state index >= 15 is 0 Å². The molecule has 0 bridgehead atoms. The standard InChI is InChI=1S/C14H10ClFN2O/c15-10-3-1-9(2-4-10)14-12(8-19)18-7-11(16)5-6-13(18)17-14/h1-7,19H,8H2. The number of rotatable bonds is 2. The Balaban J connectivity index is 2.25. The van der Waals surface area contributed by atoms with Gasteiger partial charge in [-0.3, -0.25) is 4.40 Å². The maximum Gasteiger partial charge on any atom is 0.139 e. The highest BCUT2D eigenvalue weighted by Gasteiger charge is 2.13. The zero-order chi connectivity index (χ0) is 13.4. The molecule has 5 heteroatoms. The molecule has 0 aliphatic rings. The summed E-state index contributed by atoms with van der Waals surface area (Å²) in [6, 6.07) is 10.1. The minimum atomic E-state index is -0.373. The Morgan fingerprint density at radius 3 is 2.58 bits per heavy atom. The van der Waals surface area contributed by atoms with Crippen molar-refractivity contribution >= 4 is 17.2 Å². The number of benzene rings is 1. The third-order valence-corrected chi connectivity index (χ3v) is 3.20. The van der Waals surface area contributed by atoms with Crippen LogP contribution in [0.4, 0.5) is 4.39 Å². The average Bonchev–Trinajstić information content (AvgIpc) is 2.77. The number of hydrogen-bond acceptors (Lipinski definition) is 2. The lowest BCUT2D eigenvalue weighted by atomic mass is 10.1. The number of hydrogen-bond donors (Lipinski definition) is 1. The molecule has 0 radical (unpaired) electrons. The van der Waals surface area contributed by atoms with Crippen LogP contribution in [0.5, 0.6) is 0 Å². The van der Waals surface area contributed by atoms with E-state index in [-0.39, 0.29) is 12.4 Å². The summed E-state index contributed by atoms with van der Waals surface area (Å²) < 4.78 is 14.8. The van der Waals surface area contributed by atoms with E-state index in [4.69, 9.17) is 11.6 Å². The minimum Gasteiger partial charge on any atom is -0.390 e. The summed E-state index contributed by atoms with van der Waals surface area (Å²) in [5.74, 6) is -0.373. The van der Waals surface area contributed by atoms with Gasteiger partial charge in [-0.15, -0.1) is 0 Å². The second-order valence-corrected chi connectivity index (χ2v) is 4.58. The molecular weight excluding hydrogens is 267 g/mol. The number of imidazole rings is 1. The van der Waals surface area contributed by atoms with Crippen molar-refractivity contribution in [1.29, 1.82) is 0 Å². The van der Waals surface area contributed by atoms with Gasteiger partial charge in [0.05, 0.1) is 18.0 Å². The largest absolute Gasteiger partial charge is 0.390 e. The summed E-state index contributed by atoms with van der Waals surface area (Å²) in [5.41, 5.74) is 2.61. The highest BCUT2D eigenvalue weighted by Crippen LogP contribution is 2.26. The van der Waals surface area contributed by atoms with Gasteiger partial charge in [0, 0.05) is 16.8 Å². The maximum atomic E-state index is 13.3. The lowest BCUT2D eigenvalue weighted by molar-refractivity contribution is 0.276. The van der Waals surface area contributed by atoms with Gasteiger partial charge in [-0.2, -0.15) is 0 Å². The second kappa shape index (κ2) is 4.64. The molecule has 0 saturated carbocycles. The molecule has 96 valence electrons. The van der Waals surface area contributed by atoms with Gasteiger partial charge in [-0.1, -0.05) is 23.7 Å². The van der Waals surface area contributed by atoms with E-state index in [1.165, 1.54) is 12.3 Å². The molecule has 0 aliphatic heterocycles. The average molecular weight is 277 g/mol. The summed E-state index contributed by atoms with van der Waals surface area (Å²) in [4.78, 5) is 4.42. The molecule has 0 aliphatic carbocycles. The summed E-state index contributed by atoms with van der Waals surface area (Å²) in [5, 5.41) is 10.1. The number of nitrogens with zero attached hydrogens (tertiary/aromatic N) is 2. The molecule has 1 aromatic carbocycles. The molecular formula is C14H10ClFN2O. The zero-order valence-electron chi connectivity index (χ0n) is 9.85. The lowest BCUT2D eigenvalue weighted by Crippen LogP contribution is -1.95. The molecule has 3 rings (SSSR count). The first-order valence-electron chi connectivity index (χ1n) is 5.72. The molecule has 0 fully saturated rings. The van der Waals surface area contributed by atoms with E-state index < -0.39 is 0 Å². The summed E-state index contributed by atoms with van der Waals surface area (Å²) in [6.07, 6.45) is 1.31. The molecule has 2 heterocycles. The van der Waals surface area contributed by atoms with Crippen molar-refractivity contribution in [3.63, 3.8) is 0 Å². The predicted molar refractivity (Wildman–Crippen MR) is 71.5 cm³/mol. The first-order valence-corrected chi connectivity index (χ1v) is 6.10.